The van der Waals surface area contributed by atoms with E-state index in [0.29, 0.717) is 6.61 Å². The second-order valence-corrected chi connectivity index (χ2v) is 0.940. The molecule has 0 atom stereocenters. The maximum absolute atomic E-state index is 7.94. The van der Waals surface area contributed by atoms with Gasteiger partial charge >= 0.3 is 0 Å². The number of nitriles is 1. The number of rotatable bonds is 2. The van der Waals surface area contributed by atoms with Crippen LogP contribution < -0.4 is 0 Å². The first-order valence-corrected chi connectivity index (χ1v) is 2.24. The summed E-state index contributed by atoms with van der Waals surface area (Å²) in [7, 11) is 1.55. The molecule has 0 saturated carbocycles. The van der Waals surface area contributed by atoms with E-state index in [1.807, 2.05) is 0 Å². The van der Waals surface area contributed by atoms with Crippen LogP contribution in [0.5, 0.6) is 0 Å². The summed E-state index contributed by atoms with van der Waals surface area (Å²) >= 11 is 0. The lowest BCUT2D eigenvalue weighted by Crippen LogP contribution is -1.91. The SMILES string of the molecule is CC#N.COCCO. The summed E-state index contributed by atoms with van der Waals surface area (Å²) in [5, 5.41) is 15.3. The predicted molar refractivity (Wildman–Crippen MR) is 30.2 cm³/mol. The van der Waals surface area contributed by atoms with Gasteiger partial charge in [-0.1, -0.05) is 0 Å². The Morgan fingerprint density at radius 3 is 2.12 bits per heavy atom. The van der Waals surface area contributed by atoms with Crippen LogP contribution in [0.2, 0.25) is 0 Å². The Labute approximate surface area is 49.5 Å². The zero-order valence-electron chi connectivity index (χ0n) is 5.22. The van der Waals surface area contributed by atoms with Gasteiger partial charge in [0.1, 0.15) is 0 Å². The van der Waals surface area contributed by atoms with Crippen LogP contribution in [-0.4, -0.2) is 25.4 Å². The van der Waals surface area contributed by atoms with Crippen molar-refractivity contribution in [1.82, 2.24) is 0 Å². The van der Waals surface area contributed by atoms with Crippen LogP contribution >= 0.6 is 0 Å². The Kier molecular flexibility index (Phi) is 21.0. The Bertz CT molecular complexity index is 55.9. The van der Waals surface area contributed by atoms with Gasteiger partial charge in [0.2, 0.25) is 0 Å². The topological polar surface area (TPSA) is 53.2 Å². The fraction of sp³-hybridized carbons (Fsp3) is 0.800. The quantitative estimate of drug-likeness (QED) is 0.560. The minimum Gasteiger partial charge on any atom is -0.394 e. The van der Waals surface area contributed by atoms with E-state index in [0.717, 1.165) is 0 Å². The van der Waals surface area contributed by atoms with Gasteiger partial charge in [-0.05, 0) is 0 Å². The number of aliphatic hydroxyl groups excluding tert-OH is 1. The van der Waals surface area contributed by atoms with Crippen LogP contribution in [0.4, 0.5) is 0 Å². The van der Waals surface area contributed by atoms with Crippen molar-refractivity contribution < 1.29 is 9.84 Å². The lowest BCUT2D eigenvalue weighted by Gasteiger charge is -1.84. The fourth-order valence-corrected chi connectivity index (χ4v) is 0.0913. The van der Waals surface area contributed by atoms with Gasteiger partial charge < -0.3 is 9.84 Å². The summed E-state index contributed by atoms with van der Waals surface area (Å²) in [6.45, 7) is 2.00. The van der Waals surface area contributed by atoms with Crippen molar-refractivity contribution >= 4 is 0 Å². The smallest absolute Gasteiger partial charge is 0.0693 e. The summed E-state index contributed by atoms with van der Waals surface area (Å²) < 4.78 is 4.44. The molecule has 48 valence electrons. The van der Waals surface area contributed by atoms with Gasteiger partial charge in [-0.3, -0.25) is 0 Å². The number of ether oxygens (including phenoxy) is 1. The molecule has 0 radical (unpaired) electrons. The summed E-state index contributed by atoms with van der Waals surface area (Å²) in [4.78, 5) is 0. The first kappa shape index (κ1) is 10.4. The van der Waals surface area contributed by atoms with E-state index < -0.39 is 0 Å². The van der Waals surface area contributed by atoms with E-state index in [9.17, 15) is 0 Å². The van der Waals surface area contributed by atoms with Crippen molar-refractivity contribution in [2.24, 2.45) is 0 Å². The molecule has 0 heterocycles. The molecule has 0 saturated heterocycles. The minimum atomic E-state index is 0.122. The summed E-state index contributed by atoms with van der Waals surface area (Å²) in [6, 6.07) is 1.75. The molecule has 3 heteroatoms. The zero-order chi connectivity index (χ0) is 6.83. The molecule has 0 fully saturated rings. The summed E-state index contributed by atoms with van der Waals surface area (Å²) in [5.41, 5.74) is 0. The molecular formula is C5H11NO2. The molecule has 0 aromatic heterocycles. The lowest BCUT2D eigenvalue weighted by atomic mass is 10.8. The summed E-state index contributed by atoms with van der Waals surface area (Å²) in [5.74, 6) is 0. The first-order chi connectivity index (χ1) is 3.83. The average molecular weight is 117 g/mol. The van der Waals surface area contributed by atoms with Crippen LogP contribution in [0.15, 0.2) is 0 Å². The Balaban J connectivity index is 0. The molecule has 0 amide bonds. The maximum atomic E-state index is 7.94. The highest BCUT2D eigenvalue weighted by Crippen LogP contribution is 1.56. The van der Waals surface area contributed by atoms with Crippen molar-refractivity contribution in [3.63, 3.8) is 0 Å². The Morgan fingerprint density at radius 2 is 2.12 bits per heavy atom. The number of hydrogen-bond acceptors (Lipinski definition) is 3. The molecule has 0 aliphatic heterocycles. The Hall–Kier alpha value is -0.590. The van der Waals surface area contributed by atoms with Gasteiger partial charge in [0.05, 0.1) is 19.3 Å². The molecule has 1 N–H and O–H groups in total. The molecule has 0 aromatic carbocycles. The molecule has 0 bridgehead atoms. The molecule has 0 aromatic rings. The summed E-state index contributed by atoms with van der Waals surface area (Å²) in [6.07, 6.45) is 0. The largest absolute Gasteiger partial charge is 0.394 e. The predicted octanol–water partition coefficient (Wildman–Crippen LogP) is 0.155. The van der Waals surface area contributed by atoms with Crippen LogP contribution in [0.3, 0.4) is 0 Å². The van der Waals surface area contributed by atoms with Crippen molar-refractivity contribution in [2.75, 3.05) is 20.3 Å². The van der Waals surface area contributed by atoms with Crippen molar-refractivity contribution in [2.45, 2.75) is 6.92 Å². The Morgan fingerprint density at radius 1 is 1.75 bits per heavy atom. The molecule has 0 rings (SSSR count). The van der Waals surface area contributed by atoms with Crippen LogP contribution in [0, 0.1) is 11.3 Å². The zero-order valence-corrected chi connectivity index (χ0v) is 5.22. The highest BCUT2D eigenvalue weighted by atomic mass is 16.5. The lowest BCUT2D eigenvalue weighted by molar-refractivity contribution is 0.135. The normalized spacial score (nSPS) is 6.25. The molecule has 0 aliphatic carbocycles. The fourth-order valence-electron chi connectivity index (χ4n) is 0.0913. The number of nitrogens with zero attached hydrogens (tertiary/aromatic N) is 1. The molecule has 8 heavy (non-hydrogen) atoms. The van der Waals surface area contributed by atoms with E-state index >= 15 is 0 Å². The van der Waals surface area contributed by atoms with Gasteiger partial charge in [0, 0.05) is 14.0 Å². The molecule has 0 unspecified atom stereocenters. The standard InChI is InChI=1S/C3H8O2.C2H3N/c1-5-3-2-4;1-2-3/h4H,2-3H2,1H3;1H3. The van der Waals surface area contributed by atoms with Gasteiger partial charge in [-0.25, -0.2) is 0 Å². The first-order valence-electron chi connectivity index (χ1n) is 2.24. The van der Waals surface area contributed by atoms with Crippen LogP contribution in [0.25, 0.3) is 0 Å². The van der Waals surface area contributed by atoms with Crippen molar-refractivity contribution in [3.8, 4) is 6.07 Å². The van der Waals surface area contributed by atoms with Crippen LogP contribution in [-0.2, 0) is 4.74 Å². The second kappa shape index (κ2) is 16.1. The second-order valence-electron chi connectivity index (χ2n) is 0.940. The number of aliphatic hydroxyl groups is 1. The highest BCUT2D eigenvalue weighted by molar-refractivity contribution is 4.51. The average Bonchev–Trinajstić information content (AvgIpc) is 1.71. The third-order valence-corrected chi connectivity index (χ3v) is 0.295. The third-order valence-electron chi connectivity index (χ3n) is 0.295. The molecular weight excluding hydrogens is 106 g/mol. The van der Waals surface area contributed by atoms with E-state index in [2.05, 4.69) is 4.74 Å². The van der Waals surface area contributed by atoms with Gasteiger partial charge in [-0.15, -0.1) is 0 Å². The van der Waals surface area contributed by atoms with Gasteiger partial charge in [0.25, 0.3) is 0 Å². The molecule has 0 aliphatic rings. The third kappa shape index (κ3) is 52.9. The van der Waals surface area contributed by atoms with Crippen molar-refractivity contribution in [1.29, 1.82) is 5.26 Å². The molecule has 3 nitrogen and oxygen atoms in total. The van der Waals surface area contributed by atoms with Gasteiger partial charge in [0.15, 0.2) is 0 Å². The number of hydrogen-bond donors (Lipinski definition) is 1. The van der Waals surface area contributed by atoms with E-state index in [1.165, 1.54) is 6.92 Å². The maximum Gasteiger partial charge on any atom is 0.0693 e. The van der Waals surface area contributed by atoms with Crippen LogP contribution in [0.1, 0.15) is 6.92 Å². The van der Waals surface area contributed by atoms with Crippen molar-refractivity contribution in [3.05, 3.63) is 0 Å². The number of methoxy groups -OCH3 is 1. The van der Waals surface area contributed by atoms with Gasteiger partial charge in [-0.2, -0.15) is 5.26 Å². The highest BCUT2D eigenvalue weighted by Gasteiger charge is 1.67. The monoisotopic (exact) mass is 117 g/mol. The molecule has 0 spiro atoms. The van der Waals surface area contributed by atoms with E-state index in [-0.39, 0.29) is 6.61 Å². The minimum absolute atomic E-state index is 0.122. The van der Waals surface area contributed by atoms with E-state index in [4.69, 9.17) is 10.4 Å². The van der Waals surface area contributed by atoms with E-state index in [1.54, 1.807) is 13.2 Å².